The highest BCUT2D eigenvalue weighted by atomic mass is 16.5. The minimum absolute atomic E-state index is 0.142. The molecule has 106 valence electrons. The minimum Gasteiger partial charge on any atom is -0.378 e. The molecule has 0 radical (unpaired) electrons. The summed E-state index contributed by atoms with van der Waals surface area (Å²) in [5, 5.41) is 0. The summed E-state index contributed by atoms with van der Waals surface area (Å²) in [7, 11) is 0. The number of pyridine rings is 1. The Morgan fingerprint density at radius 2 is 1.84 bits per heavy atom. The summed E-state index contributed by atoms with van der Waals surface area (Å²) in [6, 6.07) is 2.33. The quantitative estimate of drug-likeness (QED) is 0.817. The molecule has 1 aliphatic rings. The van der Waals surface area contributed by atoms with Crippen LogP contribution in [0.25, 0.3) is 0 Å². The van der Waals surface area contributed by atoms with Crippen molar-refractivity contribution in [3.63, 3.8) is 0 Å². The third kappa shape index (κ3) is 3.27. The van der Waals surface area contributed by atoms with Gasteiger partial charge in [-0.25, -0.2) is 0 Å². The first kappa shape index (κ1) is 14.3. The number of hydrogen-bond acceptors (Lipinski definition) is 3. The lowest BCUT2D eigenvalue weighted by atomic mass is 9.87. The van der Waals surface area contributed by atoms with Gasteiger partial charge in [0.1, 0.15) is 0 Å². The zero-order chi connectivity index (χ0) is 14.0. The maximum Gasteiger partial charge on any atom is 0.0662 e. The fraction of sp³-hybridized carbons (Fsp3) is 0.688. The van der Waals surface area contributed by atoms with E-state index in [0.717, 1.165) is 26.3 Å². The van der Waals surface area contributed by atoms with Crippen LogP contribution in [-0.2, 0) is 10.2 Å². The van der Waals surface area contributed by atoms with Crippen LogP contribution in [0, 0.1) is 0 Å². The first-order chi connectivity index (χ1) is 8.89. The Bertz CT molecular complexity index is 429. The van der Waals surface area contributed by atoms with Crippen LogP contribution >= 0.6 is 0 Å². The van der Waals surface area contributed by atoms with Gasteiger partial charge < -0.3 is 9.64 Å². The van der Waals surface area contributed by atoms with E-state index in [9.17, 15) is 0 Å². The van der Waals surface area contributed by atoms with Gasteiger partial charge in [0.2, 0.25) is 0 Å². The van der Waals surface area contributed by atoms with E-state index in [4.69, 9.17) is 9.72 Å². The van der Waals surface area contributed by atoms with E-state index < -0.39 is 0 Å². The van der Waals surface area contributed by atoms with Crippen LogP contribution < -0.4 is 4.90 Å². The Labute approximate surface area is 117 Å². The van der Waals surface area contributed by atoms with Crippen LogP contribution in [0.3, 0.4) is 0 Å². The predicted molar refractivity (Wildman–Crippen MR) is 80.1 cm³/mol. The highest BCUT2D eigenvalue weighted by molar-refractivity contribution is 5.54. The topological polar surface area (TPSA) is 25.4 Å². The largest absolute Gasteiger partial charge is 0.378 e. The molecule has 0 unspecified atom stereocenters. The molecular formula is C16H26N2O. The molecule has 3 heteroatoms. The zero-order valence-electron chi connectivity index (χ0n) is 12.9. The van der Waals surface area contributed by atoms with Gasteiger partial charge in [0.05, 0.1) is 24.6 Å². The summed E-state index contributed by atoms with van der Waals surface area (Å²) >= 11 is 0. The molecule has 1 fully saturated rings. The first-order valence-electron chi connectivity index (χ1n) is 7.22. The van der Waals surface area contributed by atoms with Crippen molar-refractivity contribution in [2.45, 2.75) is 46.0 Å². The number of nitrogens with zero attached hydrogens (tertiary/aromatic N) is 2. The minimum atomic E-state index is 0.142. The smallest absolute Gasteiger partial charge is 0.0662 e. The van der Waals surface area contributed by atoms with Gasteiger partial charge >= 0.3 is 0 Å². The summed E-state index contributed by atoms with van der Waals surface area (Å²) in [6.07, 6.45) is 2.04. The summed E-state index contributed by atoms with van der Waals surface area (Å²) in [6.45, 7) is 14.7. The summed E-state index contributed by atoms with van der Waals surface area (Å²) < 4.78 is 5.46. The average molecular weight is 262 g/mol. The van der Waals surface area contributed by atoms with Crippen LogP contribution in [0.1, 0.15) is 51.8 Å². The van der Waals surface area contributed by atoms with Gasteiger partial charge in [-0.2, -0.15) is 0 Å². The Morgan fingerprint density at radius 1 is 1.21 bits per heavy atom. The molecule has 2 rings (SSSR count). The predicted octanol–water partition coefficient (Wildman–Crippen LogP) is 3.34. The van der Waals surface area contributed by atoms with Crippen molar-refractivity contribution >= 4 is 5.69 Å². The zero-order valence-corrected chi connectivity index (χ0v) is 12.9. The maximum absolute atomic E-state index is 5.46. The molecule has 0 amide bonds. The van der Waals surface area contributed by atoms with Crippen LogP contribution in [0.5, 0.6) is 0 Å². The molecule has 1 aliphatic heterocycles. The Balaban J connectivity index is 2.41. The highest BCUT2D eigenvalue weighted by Crippen LogP contribution is 2.31. The molecule has 19 heavy (non-hydrogen) atoms. The second kappa shape index (κ2) is 5.49. The number of hydrogen-bond donors (Lipinski definition) is 0. The first-order valence-corrected chi connectivity index (χ1v) is 7.22. The van der Waals surface area contributed by atoms with Gasteiger partial charge in [-0.15, -0.1) is 0 Å². The Kier molecular flexibility index (Phi) is 4.14. The third-order valence-corrected chi connectivity index (χ3v) is 3.66. The van der Waals surface area contributed by atoms with Crippen molar-refractivity contribution in [3.8, 4) is 0 Å². The molecule has 0 aromatic carbocycles. The fourth-order valence-electron chi connectivity index (χ4n) is 2.38. The summed E-state index contributed by atoms with van der Waals surface area (Å²) in [4.78, 5) is 7.16. The van der Waals surface area contributed by atoms with E-state index in [1.165, 1.54) is 16.9 Å². The molecule has 1 aromatic rings. The second-order valence-electron chi connectivity index (χ2n) is 6.63. The average Bonchev–Trinajstić information content (AvgIpc) is 2.38. The standard InChI is InChI=1S/C16H26N2O/c1-12(2)15-14(18-6-8-19-9-7-18)10-13(11-17-15)16(3,4)5/h10-12H,6-9H2,1-5H3. The molecule has 0 aliphatic carbocycles. The van der Waals surface area contributed by atoms with E-state index in [0.29, 0.717) is 5.92 Å². The van der Waals surface area contributed by atoms with Crippen LogP contribution in [0.4, 0.5) is 5.69 Å². The van der Waals surface area contributed by atoms with Crippen LogP contribution in [0.15, 0.2) is 12.3 Å². The van der Waals surface area contributed by atoms with E-state index in [2.05, 4.69) is 45.6 Å². The van der Waals surface area contributed by atoms with Crippen molar-refractivity contribution in [1.29, 1.82) is 0 Å². The molecule has 1 aromatic heterocycles. The number of rotatable bonds is 2. The number of anilines is 1. The van der Waals surface area contributed by atoms with E-state index in [1.54, 1.807) is 0 Å². The fourth-order valence-corrected chi connectivity index (χ4v) is 2.38. The van der Waals surface area contributed by atoms with Gasteiger partial charge in [0.15, 0.2) is 0 Å². The number of ether oxygens (including phenoxy) is 1. The maximum atomic E-state index is 5.46. The summed E-state index contributed by atoms with van der Waals surface area (Å²) in [5.41, 5.74) is 3.95. The van der Waals surface area contributed by atoms with E-state index in [1.807, 2.05) is 6.20 Å². The Hall–Kier alpha value is -1.09. The van der Waals surface area contributed by atoms with E-state index in [-0.39, 0.29) is 5.41 Å². The second-order valence-corrected chi connectivity index (χ2v) is 6.63. The highest BCUT2D eigenvalue weighted by Gasteiger charge is 2.21. The lowest BCUT2D eigenvalue weighted by Gasteiger charge is -2.32. The lowest BCUT2D eigenvalue weighted by molar-refractivity contribution is 0.122. The van der Waals surface area contributed by atoms with Crippen LogP contribution in [-0.4, -0.2) is 31.3 Å². The van der Waals surface area contributed by atoms with Gasteiger partial charge in [-0.3, -0.25) is 4.98 Å². The molecule has 0 saturated carbocycles. The molecule has 1 saturated heterocycles. The van der Waals surface area contributed by atoms with Crippen molar-refractivity contribution in [2.24, 2.45) is 0 Å². The van der Waals surface area contributed by atoms with Crippen molar-refractivity contribution in [1.82, 2.24) is 4.98 Å². The monoisotopic (exact) mass is 262 g/mol. The molecule has 0 spiro atoms. The van der Waals surface area contributed by atoms with Crippen molar-refractivity contribution < 1.29 is 4.74 Å². The lowest BCUT2D eigenvalue weighted by Crippen LogP contribution is -2.37. The molecule has 0 atom stereocenters. The normalized spacial score (nSPS) is 17.1. The van der Waals surface area contributed by atoms with Gasteiger partial charge in [0.25, 0.3) is 0 Å². The number of aromatic nitrogens is 1. The number of morpholine rings is 1. The third-order valence-electron chi connectivity index (χ3n) is 3.66. The van der Waals surface area contributed by atoms with Gasteiger partial charge in [0, 0.05) is 19.3 Å². The molecule has 2 heterocycles. The Morgan fingerprint density at radius 3 is 2.37 bits per heavy atom. The molecule has 0 N–H and O–H groups in total. The van der Waals surface area contributed by atoms with Gasteiger partial charge in [-0.1, -0.05) is 34.6 Å². The van der Waals surface area contributed by atoms with Crippen molar-refractivity contribution in [3.05, 3.63) is 23.5 Å². The van der Waals surface area contributed by atoms with E-state index >= 15 is 0 Å². The molecular weight excluding hydrogens is 236 g/mol. The summed E-state index contributed by atoms with van der Waals surface area (Å²) in [5.74, 6) is 0.451. The SMILES string of the molecule is CC(C)c1ncc(C(C)(C)C)cc1N1CCOCC1. The molecule has 3 nitrogen and oxygen atoms in total. The molecule has 0 bridgehead atoms. The van der Waals surface area contributed by atoms with Gasteiger partial charge in [-0.05, 0) is 23.0 Å². The van der Waals surface area contributed by atoms with Crippen molar-refractivity contribution in [2.75, 3.05) is 31.2 Å². The van der Waals surface area contributed by atoms with Crippen LogP contribution in [0.2, 0.25) is 0 Å².